The van der Waals surface area contributed by atoms with E-state index in [1.54, 1.807) is 0 Å². The Hall–Kier alpha value is -1.07. The van der Waals surface area contributed by atoms with Crippen LogP contribution in [0.4, 0.5) is 5.82 Å². The molecule has 0 unspecified atom stereocenters. The van der Waals surface area contributed by atoms with Crippen LogP contribution in [0.15, 0.2) is 6.07 Å². The topological polar surface area (TPSA) is 72.9 Å². The number of carbonyl (C=O) groups is 1. The summed E-state index contributed by atoms with van der Waals surface area (Å²) in [6.45, 7) is 3.55. The van der Waals surface area contributed by atoms with Crippen LogP contribution in [0.1, 0.15) is 50.6 Å². The van der Waals surface area contributed by atoms with E-state index in [9.17, 15) is 4.79 Å². The third-order valence-electron chi connectivity index (χ3n) is 4.66. The molecule has 2 aliphatic carbocycles. The number of rotatable bonds is 5. The van der Waals surface area contributed by atoms with Crippen molar-refractivity contribution in [1.82, 2.24) is 9.78 Å². The molecule has 0 bridgehead atoms. The Kier molecular flexibility index (Phi) is 5.27. The first kappa shape index (κ1) is 16.3. The maximum Gasteiger partial charge on any atom is 0.229 e. The first-order chi connectivity index (χ1) is 9.72. The molecule has 2 aliphatic rings. The number of nitrogens with zero attached hydrogens (tertiary/aromatic N) is 2. The van der Waals surface area contributed by atoms with Crippen LogP contribution in [0.5, 0.6) is 0 Å². The number of amides is 1. The summed E-state index contributed by atoms with van der Waals surface area (Å²) in [7, 11) is 0. The summed E-state index contributed by atoms with van der Waals surface area (Å²) in [5, 5.41) is 7.51. The summed E-state index contributed by atoms with van der Waals surface area (Å²) in [4.78, 5) is 12.4. The Morgan fingerprint density at radius 2 is 2.19 bits per heavy atom. The minimum Gasteiger partial charge on any atom is -0.330 e. The summed E-state index contributed by atoms with van der Waals surface area (Å²) in [6, 6.07) is 2.05. The Bertz CT molecular complexity index is 498. The van der Waals surface area contributed by atoms with Gasteiger partial charge in [0.1, 0.15) is 0 Å². The molecule has 6 heteroatoms. The number of anilines is 1. The fourth-order valence-corrected chi connectivity index (χ4v) is 3.34. The third kappa shape index (κ3) is 3.40. The summed E-state index contributed by atoms with van der Waals surface area (Å²) in [6.07, 6.45) is 5.63. The van der Waals surface area contributed by atoms with Gasteiger partial charge in [-0.25, -0.2) is 0 Å². The highest BCUT2D eigenvalue weighted by atomic mass is 35.5. The molecule has 0 radical (unpaired) electrons. The van der Waals surface area contributed by atoms with Crippen molar-refractivity contribution in [2.75, 3.05) is 11.9 Å². The van der Waals surface area contributed by atoms with E-state index in [1.165, 1.54) is 18.5 Å². The van der Waals surface area contributed by atoms with Gasteiger partial charge in [0.15, 0.2) is 5.82 Å². The molecule has 1 aromatic heterocycles. The van der Waals surface area contributed by atoms with E-state index in [1.807, 2.05) is 10.7 Å². The minimum atomic E-state index is 0. The van der Waals surface area contributed by atoms with Crippen LogP contribution in [0.25, 0.3) is 0 Å². The fraction of sp³-hybridized carbons (Fsp3) is 0.733. The van der Waals surface area contributed by atoms with E-state index in [4.69, 9.17) is 5.73 Å². The number of nitrogens with one attached hydrogen (secondary N) is 1. The highest BCUT2D eigenvalue weighted by Gasteiger charge is 2.33. The number of carbonyl (C=O) groups excluding carboxylic acids is 1. The van der Waals surface area contributed by atoms with E-state index in [0.717, 1.165) is 25.8 Å². The average Bonchev–Trinajstić information content (AvgIpc) is 3.04. The number of aromatic nitrogens is 2. The zero-order valence-corrected chi connectivity index (χ0v) is 13.4. The molecular weight excluding hydrogens is 288 g/mol. The van der Waals surface area contributed by atoms with Crippen LogP contribution >= 0.6 is 12.4 Å². The SMILES string of the molecule is CCn1nc(NC(=O)[C@@H]2CCC[C@@H]2CN)cc1C1CC1.Cl. The molecule has 1 aromatic rings. The maximum atomic E-state index is 12.4. The van der Waals surface area contributed by atoms with Gasteiger partial charge < -0.3 is 11.1 Å². The third-order valence-corrected chi connectivity index (χ3v) is 4.66. The van der Waals surface area contributed by atoms with Crippen molar-refractivity contribution in [2.45, 2.75) is 51.5 Å². The van der Waals surface area contributed by atoms with E-state index in [0.29, 0.717) is 24.2 Å². The van der Waals surface area contributed by atoms with Crippen molar-refractivity contribution in [3.8, 4) is 0 Å². The molecule has 21 heavy (non-hydrogen) atoms. The van der Waals surface area contributed by atoms with Gasteiger partial charge in [0.2, 0.25) is 5.91 Å². The van der Waals surface area contributed by atoms with Crippen molar-refractivity contribution in [2.24, 2.45) is 17.6 Å². The molecule has 2 saturated carbocycles. The molecule has 0 aromatic carbocycles. The van der Waals surface area contributed by atoms with Crippen molar-refractivity contribution in [3.05, 3.63) is 11.8 Å². The average molecular weight is 313 g/mol. The molecule has 118 valence electrons. The van der Waals surface area contributed by atoms with Crippen LogP contribution in [0.2, 0.25) is 0 Å². The van der Waals surface area contributed by atoms with Gasteiger partial charge in [-0.05, 0) is 45.1 Å². The lowest BCUT2D eigenvalue weighted by Gasteiger charge is -2.16. The molecule has 0 saturated heterocycles. The van der Waals surface area contributed by atoms with Crippen LogP contribution in [0, 0.1) is 11.8 Å². The standard InChI is InChI=1S/C15H24N4O.ClH/c1-2-19-13(10-6-7-10)8-14(18-19)17-15(20)12-5-3-4-11(12)9-16;/h8,10-12H,2-7,9,16H2,1H3,(H,17,18,20);1H/t11-,12-;/m1./s1. The number of hydrogen-bond donors (Lipinski definition) is 2. The number of nitrogens with two attached hydrogens (primary N) is 1. The summed E-state index contributed by atoms with van der Waals surface area (Å²) < 4.78 is 2.02. The van der Waals surface area contributed by atoms with Crippen LogP contribution in [-0.2, 0) is 11.3 Å². The van der Waals surface area contributed by atoms with Gasteiger partial charge in [-0.1, -0.05) is 6.42 Å². The molecule has 2 fully saturated rings. The molecule has 3 N–H and O–H groups in total. The predicted octanol–water partition coefficient (Wildman–Crippen LogP) is 2.52. The van der Waals surface area contributed by atoms with Gasteiger partial charge in [-0.15, -0.1) is 12.4 Å². The molecule has 0 spiro atoms. The minimum absolute atomic E-state index is 0. The Labute approximate surface area is 132 Å². The largest absolute Gasteiger partial charge is 0.330 e. The molecule has 1 amide bonds. The van der Waals surface area contributed by atoms with Gasteiger partial charge >= 0.3 is 0 Å². The second-order valence-electron chi connectivity index (χ2n) is 6.07. The van der Waals surface area contributed by atoms with Gasteiger partial charge in [0, 0.05) is 30.1 Å². The van der Waals surface area contributed by atoms with Crippen molar-refractivity contribution < 1.29 is 4.79 Å². The summed E-state index contributed by atoms with van der Waals surface area (Å²) >= 11 is 0. The smallest absolute Gasteiger partial charge is 0.229 e. The number of halogens is 1. The second kappa shape index (κ2) is 6.79. The van der Waals surface area contributed by atoms with Gasteiger partial charge in [0.25, 0.3) is 0 Å². The van der Waals surface area contributed by atoms with E-state index in [2.05, 4.69) is 17.3 Å². The first-order valence-electron chi connectivity index (χ1n) is 7.81. The van der Waals surface area contributed by atoms with E-state index in [-0.39, 0.29) is 24.2 Å². The molecule has 0 aliphatic heterocycles. The Morgan fingerprint density at radius 1 is 1.43 bits per heavy atom. The lowest BCUT2D eigenvalue weighted by Crippen LogP contribution is -2.29. The summed E-state index contributed by atoms with van der Waals surface area (Å²) in [5.41, 5.74) is 7.02. The van der Waals surface area contributed by atoms with E-state index < -0.39 is 0 Å². The van der Waals surface area contributed by atoms with Crippen molar-refractivity contribution in [3.63, 3.8) is 0 Å². The van der Waals surface area contributed by atoms with Gasteiger partial charge in [-0.3, -0.25) is 9.48 Å². The lowest BCUT2D eigenvalue weighted by molar-refractivity contribution is -0.120. The fourth-order valence-electron chi connectivity index (χ4n) is 3.34. The van der Waals surface area contributed by atoms with Crippen LogP contribution in [0.3, 0.4) is 0 Å². The highest BCUT2D eigenvalue weighted by Crippen LogP contribution is 2.41. The second-order valence-corrected chi connectivity index (χ2v) is 6.07. The van der Waals surface area contributed by atoms with Crippen molar-refractivity contribution in [1.29, 1.82) is 0 Å². The normalized spacial score (nSPS) is 24.7. The monoisotopic (exact) mass is 312 g/mol. The molecule has 1 heterocycles. The Balaban J connectivity index is 0.00000161. The molecule has 2 atom stereocenters. The lowest BCUT2D eigenvalue weighted by atomic mass is 9.95. The van der Waals surface area contributed by atoms with Crippen LogP contribution in [-0.4, -0.2) is 22.2 Å². The van der Waals surface area contributed by atoms with Gasteiger partial charge in [-0.2, -0.15) is 5.10 Å². The molecule has 5 nitrogen and oxygen atoms in total. The van der Waals surface area contributed by atoms with Crippen molar-refractivity contribution >= 4 is 24.1 Å². The van der Waals surface area contributed by atoms with Gasteiger partial charge in [0.05, 0.1) is 0 Å². The first-order valence-corrected chi connectivity index (χ1v) is 7.81. The zero-order chi connectivity index (χ0) is 14.1. The maximum absolute atomic E-state index is 12.4. The van der Waals surface area contributed by atoms with E-state index >= 15 is 0 Å². The number of hydrogen-bond acceptors (Lipinski definition) is 3. The molecular formula is C15H25ClN4O. The van der Waals surface area contributed by atoms with Crippen LogP contribution < -0.4 is 11.1 Å². The Morgan fingerprint density at radius 3 is 2.81 bits per heavy atom. The quantitative estimate of drug-likeness (QED) is 0.877. The zero-order valence-electron chi connectivity index (χ0n) is 12.5. The summed E-state index contributed by atoms with van der Waals surface area (Å²) in [5.74, 6) is 1.86. The number of aryl methyl sites for hydroxylation is 1. The highest BCUT2D eigenvalue weighted by molar-refractivity contribution is 5.92. The predicted molar refractivity (Wildman–Crippen MR) is 85.6 cm³/mol. The molecule has 3 rings (SSSR count).